The summed E-state index contributed by atoms with van der Waals surface area (Å²) in [6, 6.07) is 0. The van der Waals surface area contributed by atoms with Gasteiger partial charge in [0.05, 0.1) is 6.26 Å². The Bertz CT molecular complexity index is 327. The summed E-state index contributed by atoms with van der Waals surface area (Å²) in [6.45, 7) is 0. The first-order chi connectivity index (χ1) is 5.75. The molecule has 0 fully saturated rings. The molecule has 0 atom stereocenters. The first-order valence-corrected chi connectivity index (χ1v) is 6.42. The number of amides is 1. The normalized spacial score (nSPS) is 12.5. The van der Waals surface area contributed by atoms with E-state index in [2.05, 4.69) is 9.05 Å². The zero-order valence-electron chi connectivity index (χ0n) is 7.30. The van der Waals surface area contributed by atoms with Crippen LogP contribution in [0.3, 0.4) is 0 Å². The van der Waals surface area contributed by atoms with Crippen molar-refractivity contribution in [2.24, 2.45) is 0 Å². The minimum absolute atomic E-state index is 0.751. The maximum Gasteiger partial charge on any atom is 0.418 e. The Hall–Kier alpha value is -0.430. The molecule has 0 heterocycles. The van der Waals surface area contributed by atoms with Crippen LogP contribution < -0.4 is 4.72 Å². The van der Waals surface area contributed by atoms with Crippen LogP contribution in [0, 0.1) is 0 Å². The van der Waals surface area contributed by atoms with Gasteiger partial charge in [-0.1, -0.05) is 0 Å². The SMILES string of the molecule is COP(=O)(OC)C(=O)NS(C)(=O)=O. The van der Waals surface area contributed by atoms with E-state index in [9.17, 15) is 17.8 Å². The molecule has 0 aromatic heterocycles. The summed E-state index contributed by atoms with van der Waals surface area (Å²) in [7, 11) is -5.80. The fraction of sp³-hybridized carbons (Fsp3) is 0.750. The van der Waals surface area contributed by atoms with Gasteiger partial charge in [0, 0.05) is 14.2 Å². The van der Waals surface area contributed by atoms with Gasteiger partial charge in [0.15, 0.2) is 0 Å². The standard InChI is InChI=1S/C4H10NO6PS/c1-10-12(7,11-2)4(6)5-13(3,8)9/h1-3H3,(H,5,6). The van der Waals surface area contributed by atoms with Crippen molar-refractivity contribution < 1.29 is 26.8 Å². The largest absolute Gasteiger partial charge is 0.418 e. The van der Waals surface area contributed by atoms with Crippen LogP contribution in [0.5, 0.6) is 0 Å². The average molecular weight is 231 g/mol. The fourth-order valence-electron chi connectivity index (χ4n) is 0.455. The summed E-state index contributed by atoms with van der Waals surface area (Å²) in [4.78, 5) is 10.9. The Morgan fingerprint density at radius 1 is 1.31 bits per heavy atom. The van der Waals surface area contributed by atoms with Gasteiger partial charge >= 0.3 is 13.2 Å². The molecule has 0 saturated heterocycles. The van der Waals surface area contributed by atoms with Crippen LogP contribution in [-0.4, -0.2) is 34.5 Å². The van der Waals surface area contributed by atoms with Crippen LogP contribution in [0.15, 0.2) is 0 Å². The third-order valence-electron chi connectivity index (χ3n) is 1.00. The summed E-state index contributed by atoms with van der Waals surface area (Å²) in [5.41, 5.74) is -1.31. The van der Waals surface area contributed by atoms with Crippen molar-refractivity contribution in [3.8, 4) is 0 Å². The Morgan fingerprint density at radius 2 is 1.69 bits per heavy atom. The van der Waals surface area contributed by atoms with Crippen LogP contribution >= 0.6 is 7.60 Å². The van der Waals surface area contributed by atoms with Gasteiger partial charge in [-0.05, 0) is 0 Å². The molecule has 1 amide bonds. The number of nitrogens with one attached hydrogen (secondary N) is 1. The van der Waals surface area contributed by atoms with Crippen molar-refractivity contribution in [3.63, 3.8) is 0 Å². The van der Waals surface area contributed by atoms with Crippen LogP contribution in [0.1, 0.15) is 0 Å². The maximum absolute atomic E-state index is 11.2. The Labute approximate surface area is 76.0 Å². The Morgan fingerprint density at radius 3 is 1.92 bits per heavy atom. The number of rotatable bonds is 4. The van der Waals surface area contributed by atoms with E-state index in [0.717, 1.165) is 20.5 Å². The van der Waals surface area contributed by atoms with Crippen molar-refractivity contribution in [1.82, 2.24) is 4.72 Å². The molecule has 0 rings (SSSR count). The molecule has 0 unspecified atom stereocenters. The molecule has 0 saturated carbocycles. The van der Waals surface area contributed by atoms with Crippen molar-refractivity contribution in [2.75, 3.05) is 20.5 Å². The van der Waals surface area contributed by atoms with Crippen molar-refractivity contribution in [2.45, 2.75) is 0 Å². The van der Waals surface area contributed by atoms with E-state index in [1.165, 1.54) is 4.72 Å². The molecule has 7 nitrogen and oxygen atoms in total. The van der Waals surface area contributed by atoms with E-state index in [1.54, 1.807) is 0 Å². The van der Waals surface area contributed by atoms with E-state index in [-0.39, 0.29) is 0 Å². The molecule has 0 aliphatic heterocycles. The monoisotopic (exact) mass is 231 g/mol. The summed E-state index contributed by atoms with van der Waals surface area (Å²) in [5.74, 6) is 0. The third kappa shape index (κ3) is 3.86. The number of sulfonamides is 1. The summed E-state index contributed by atoms with van der Waals surface area (Å²) < 4.78 is 42.3. The molecular weight excluding hydrogens is 221 g/mol. The van der Waals surface area contributed by atoms with Crippen LogP contribution in [-0.2, 0) is 23.6 Å². The molecular formula is C4H10NO6PS. The van der Waals surface area contributed by atoms with Gasteiger partial charge in [-0.3, -0.25) is 4.79 Å². The van der Waals surface area contributed by atoms with E-state index in [1.807, 2.05) is 0 Å². The van der Waals surface area contributed by atoms with Gasteiger partial charge in [-0.2, -0.15) is 0 Å². The molecule has 9 heteroatoms. The lowest BCUT2D eigenvalue weighted by Gasteiger charge is -2.11. The molecule has 0 bridgehead atoms. The van der Waals surface area contributed by atoms with Gasteiger partial charge in [-0.25, -0.2) is 17.7 Å². The van der Waals surface area contributed by atoms with Gasteiger partial charge in [0.2, 0.25) is 10.0 Å². The van der Waals surface area contributed by atoms with Crippen molar-refractivity contribution >= 4 is 23.3 Å². The molecule has 1 N–H and O–H groups in total. The topological polar surface area (TPSA) is 98.8 Å². The zero-order chi connectivity index (χ0) is 10.7. The lowest BCUT2D eigenvalue weighted by Crippen LogP contribution is -2.28. The number of hydrogen-bond acceptors (Lipinski definition) is 6. The number of carbonyl (C=O) groups is 1. The molecule has 78 valence electrons. The van der Waals surface area contributed by atoms with Crippen LogP contribution in [0.2, 0.25) is 0 Å². The lowest BCUT2D eigenvalue weighted by atomic mass is 11.4. The van der Waals surface area contributed by atoms with Crippen molar-refractivity contribution in [1.29, 1.82) is 0 Å². The van der Waals surface area contributed by atoms with Gasteiger partial charge < -0.3 is 9.05 Å². The number of carbonyl (C=O) groups excluding carboxylic acids is 1. The molecule has 0 aromatic carbocycles. The molecule has 0 aromatic rings. The Balaban J connectivity index is 4.71. The minimum Gasteiger partial charge on any atom is -0.305 e. The minimum atomic E-state index is -4.00. The first-order valence-electron chi connectivity index (χ1n) is 2.99. The predicted molar refractivity (Wildman–Crippen MR) is 45.0 cm³/mol. The highest BCUT2D eigenvalue weighted by Crippen LogP contribution is 2.46. The summed E-state index contributed by atoms with van der Waals surface area (Å²) in [6.07, 6.45) is 0.751. The first kappa shape index (κ1) is 12.6. The second kappa shape index (κ2) is 4.19. The van der Waals surface area contributed by atoms with E-state index < -0.39 is 23.3 Å². The zero-order valence-corrected chi connectivity index (χ0v) is 9.02. The highest BCUT2D eigenvalue weighted by atomic mass is 32.2. The van der Waals surface area contributed by atoms with E-state index in [4.69, 9.17) is 0 Å². The van der Waals surface area contributed by atoms with Crippen LogP contribution in [0.4, 0.5) is 4.79 Å². The fourth-order valence-corrected chi connectivity index (χ4v) is 2.20. The van der Waals surface area contributed by atoms with E-state index >= 15 is 0 Å². The third-order valence-corrected chi connectivity index (χ3v) is 3.28. The summed E-state index contributed by atoms with van der Waals surface area (Å²) in [5, 5.41) is 0. The quantitative estimate of drug-likeness (QED) is 0.691. The second-order valence-electron chi connectivity index (χ2n) is 2.04. The van der Waals surface area contributed by atoms with E-state index in [0.29, 0.717) is 0 Å². The number of hydrogen-bond donors (Lipinski definition) is 1. The van der Waals surface area contributed by atoms with Crippen LogP contribution in [0.25, 0.3) is 0 Å². The molecule has 0 spiro atoms. The molecule has 0 radical (unpaired) electrons. The molecule has 0 aliphatic rings. The molecule has 13 heavy (non-hydrogen) atoms. The Kier molecular flexibility index (Phi) is 4.05. The highest BCUT2D eigenvalue weighted by Gasteiger charge is 2.34. The van der Waals surface area contributed by atoms with Gasteiger partial charge in [-0.15, -0.1) is 0 Å². The highest BCUT2D eigenvalue weighted by molar-refractivity contribution is 7.91. The smallest absolute Gasteiger partial charge is 0.305 e. The second-order valence-corrected chi connectivity index (χ2v) is 5.92. The maximum atomic E-state index is 11.2. The predicted octanol–water partition coefficient (Wildman–Crippen LogP) is 0.142. The lowest BCUT2D eigenvalue weighted by molar-refractivity contribution is 0.237. The van der Waals surface area contributed by atoms with Gasteiger partial charge in [0.1, 0.15) is 0 Å². The molecule has 0 aliphatic carbocycles. The van der Waals surface area contributed by atoms with Crippen molar-refractivity contribution in [3.05, 3.63) is 0 Å². The average Bonchev–Trinajstić information content (AvgIpc) is 2.00. The van der Waals surface area contributed by atoms with Gasteiger partial charge in [0.25, 0.3) is 0 Å². The summed E-state index contributed by atoms with van der Waals surface area (Å²) >= 11 is 0.